The zero-order valence-corrected chi connectivity index (χ0v) is 14.4. The predicted molar refractivity (Wildman–Crippen MR) is 89.6 cm³/mol. The molecule has 2 fully saturated rings. The predicted octanol–water partition coefficient (Wildman–Crippen LogP) is 2.43. The average Bonchev–Trinajstić information content (AvgIpc) is 3.17. The Morgan fingerprint density at radius 1 is 1.22 bits per heavy atom. The summed E-state index contributed by atoms with van der Waals surface area (Å²) in [7, 11) is 4.32. The maximum atomic E-state index is 13.0. The molecular formula is C19H30NO3+. The average molecular weight is 320 g/mol. The summed E-state index contributed by atoms with van der Waals surface area (Å²) < 4.78 is 6.70. The highest BCUT2D eigenvalue weighted by atomic mass is 16.6. The summed E-state index contributed by atoms with van der Waals surface area (Å²) in [6.07, 6.45) is 13.5. The van der Waals surface area contributed by atoms with Gasteiger partial charge >= 0.3 is 5.97 Å². The van der Waals surface area contributed by atoms with Crippen LogP contribution in [0.3, 0.4) is 0 Å². The SMILES string of the molecule is C[N+]1(C)CCC(OC(=O)[C@@](O)(C2C=CC=CC2)C2CCCC2)C1. The molecule has 1 saturated heterocycles. The van der Waals surface area contributed by atoms with Crippen molar-refractivity contribution in [2.24, 2.45) is 11.8 Å². The lowest BCUT2D eigenvalue weighted by atomic mass is 9.73. The molecule has 0 aromatic heterocycles. The van der Waals surface area contributed by atoms with E-state index in [0.717, 1.165) is 49.7 Å². The van der Waals surface area contributed by atoms with E-state index in [1.165, 1.54) is 0 Å². The molecule has 3 atom stereocenters. The smallest absolute Gasteiger partial charge is 0.339 e. The third-order valence-electron chi connectivity index (χ3n) is 5.88. The van der Waals surface area contributed by atoms with Crippen molar-refractivity contribution >= 4 is 5.97 Å². The molecule has 4 nitrogen and oxygen atoms in total. The lowest BCUT2D eigenvalue weighted by molar-refractivity contribution is -0.879. The number of likely N-dealkylation sites (tertiary alicyclic amines) is 1. The maximum Gasteiger partial charge on any atom is 0.339 e. The quantitative estimate of drug-likeness (QED) is 0.639. The summed E-state index contributed by atoms with van der Waals surface area (Å²) in [6, 6.07) is 0. The maximum absolute atomic E-state index is 13.0. The number of carbonyl (C=O) groups is 1. The summed E-state index contributed by atoms with van der Waals surface area (Å²) in [5, 5.41) is 11.4. The van der Waals surface area contributed by atoms with Gasteiger partial charge in [0.25, 0.3) is 0 Å². The van der Waals surface area contributed by atoms with Crippen LogP contribution in [0.15, 0.2) is 24.3 Å². The number of nitrogens with zero attached hydrogens (tertiary/aromatic N) is 1. The Morgan fingerprint density at radius 3 is 2.52 bits per heavy atom. The van der Waals surface area contributed by atoms with Crippen LogP contribution in [0.25, 0.3) is 0 Å². The fourth-order valence-electron chi connectivity index (χ4n) is 4.46. The van der Waals surface area contributed by atoms with Crippen LogP contribution in [0.5, 0.6) is 0 Å². The highest BCUT2D eigenvalue weighted by molar-refractivity contribution is 5.81. The Hall–Kier alpha value is -1.13. The molecule has 23 heavy (non-hydrogen) atoms. The van der Waals surface area contributed by atoms with Gasteiger partial charge in [-0.3, -0.25) is 0 Å². The molecule has 0 aromatic rings. The van der Waals surface area contributed by atoms with Gasteiger partial charge in [-0.2, -0.15) is 0 Å². The van der Waals surface area contributed by atoms with Gasteiger partial charge in [-0.25, -0.2) is 4.79 Å². The van der Waals surface area contributed by atoms with Crippen LogP contribution in [-0.2, 0) is 9.53 Å². The number of likely N-dealkylation sites (N-methyl/N-ethyl adjacent to an activating group) is 1. The lowest BCUT2D eigenvalue weighted by Crippen LogP contribution is -2.53. The molecule has 1 N–H and O–H groups in total. The van der Waals surface area contributed by atoms with Gasteiger partial charge < -0.3 is 14.3 Å². The number of aliphatic hydroxyl groups is 1. The van der Waals surface area contributed by atoms with Crippen molar-refractivity contribution in [1.82, 2.24) is 0 Å². The van der Waals surface area contributed by atoms with E-state index in [0.29, 0.717) is 6.42 Å². The molecule has 0 amide bonds. The van der Waals surface area contributed by atoms with E-state index < -0.39 is 5.60 Å². The van der Waals surface area contributed by atoms with Gasteiger partial charge in [0.2, 0.25) is 0 Å². The minimum Gasteiger partial charge on any atom is -0.454 e. The van der Waals surface area contributed by atoms with Crippen molar-refractivity contribution in [2.45, 2.75) is 50.2 Å². The lowest BCUT2D eigenvalue weighted by Gasteiger charge is -2.38. The van der Waals surface area contributed by atoms with Gasteiger partial charge in [-0.15, -0.1) is 0 Å². The molecule has 3 rings (SSSR count). The second kappa shape index (κ2) is 6.40. The largest absolute Gasteiger partial charge is 0.454 e. The molecule has 0 radical (unpaired) electrons. The van der Waals surface area contributed by atoms with E-state index in [-0.39, 0.29) is 23.9 Å². The van der Waals surface area contributed by atoms with Crippen LogP contribution >= 0.6 is 0 Å². The van der Waals surface area contributed by atoms with E-state index in [9.17, 15) is 9.90 Å². The van der Waals surface area contributed by atoms with E-state index >= 15 is 0 Å². The van der Waals surface area contributed by atoms with Crippen LogP contribution in [0.2, 0.25) is 0 Å². The fourth-order valence-corrected chi connectivity index (χ4v) is 4.46. The Kier molecular flexibility index (Phi) is 4.65. The summed E-state index contributed by atoms with van der Waals surface area (Å²) in [5.41, 5.74) is -1.36. The molecule has 0 bridgehead atoms. The first-order valence-electron chi connectivity index (χ1n) is 9.00. The Morgan fingerprint density at radius 2 is 1.96 bits per heavy atom. The summed E-state index contributed by atoms with van der Waals surface area (Å²) in [5.74, 6) is -0.520. The second-order valence-corrected chi connectivity index (χ2v) is 8.12. The summed E-state index contributed by atoms with van der Waals surface area (Å²) >= 11 is 0. The van der Waals surface area contributed by atoms with Crippen molar-refractivity contribution in [2.75, 3.05) is 27.2 Å². The first-order valence-corrected chi connectivity index (χ1v) is 9.00. The van der Waals surface area contributed by atoms with E-state index in [1.807, 2.05) is 24.3 Å². The van der Waals surface area contributed by atoms with Crippen LogP contribution in [-0.4, -0.2) is 54.4 Å². The van der Waals surface area contributed by atoms with Crippen molar-refractivity contribution in [3.05, 3.63) is 24.3 Å². The summed E-state index contributed by atoms with van der Waals surface area (Å²) in [4.78, 5) is 13.0. The van der Waals surface area contributed by atoms with Crippen molar-refractivity contribution < 1.29 is 19.1 Å². The first kappa shape index (κ1) is 16.7. The molecule has 0 spiro atoms. The number of hydrogen-bond donors (Lipinski definition) is 1. The number of esters is 1. The first-order chi connectivity index (χ1) is 10.9. The third-order valence-corrected chi connectivity index (χ3v) is 5.88. The molecule has 1 saturated carbocycles. The molecule has 128 valence electrons. The second-order valence-electron chi connectivity index (χ2n) is 8.12. The van der Waals surface area contributed by atoms with Crippen molar-refractivity contribution in [3.8, 4) is 0 Å². The monoisotopic (exact) mass is 320 g/mol. The standard InChI is InChI=1S/C19H30NO3/c1-20(2)13-12-17(14-20)23-18(21)19(22,16-10-6-7-11-16)15-8-4-3-5-9-15/h3-5,8,15-17,22H,6-7,9-14H2,1-2H3/q+1/t15?,17?,19-/m1/s1. The number of hydrogen-bond acceptors (Lipinski definition) is 3. The van der Waals surface area contributed by atoms with Gasteiger partial charge in [-0.05, 0) is 25.2 Å². The van der Waals surface area contributed by atoms with Crippen LogP contribution in [0, 0.1) is 11.8 Å². The molecule has 2 aliphatic carbocycles. The van der Waals surface area contributed by atoms with Gasteiger partial charge in [0.15, 0.2) is 11.7 Å². The number of quaternary nitrogens is 1. The van der Waals surface area contributed by atoms with Crippen LogP contribution < -0.4 is 0 Å². The number of carbonyl (C=O) groups excluding carboxylic acids is 1. The molecule has 3 aliphatic rings. The number of ether oxygens (including phenoxy) is 1. The normalized spacial score (nSPS) is 32.8. The molecule has 4 heteroatoms. The van der Waals surface area contributed by atoms with Crippen LogP contribution in [0.4, 0.5) is 0 Å². The highest BCUT2D eigenvalue weighted by Gasteiger charge is 2.52. The molecule has 1 aliphatic heterocycles. The minimum absolute atomic E-state index is 0.0278. The Balaban J connectivity index is 1.76. The van der Waals surface area contributed by atoms with Gasteiger partial charge in [0, 0.05) is 12.3 Å². The minimum atomic E-state index is -1.36. The van der Waals surface area contributed by atoms with E-state index in [1.54, 1.807) is 0 Å². The van der Waals surface area contributed by atoms with Crippen LogP contribution in [0.1, 0.15) is 38.5 Å². The van der Waals surface area contributed by atoms with Gasteiger partial charge in [0.1, 0.15) is 6.54 Å². The van der Waals surface area contributed by atoms with Crippen molar-refractivity contribution in [3.63, 3.8) is 0 Å². The molecule has 0 aromatic carbocycles. The van der Waals surface area contributed by atoms with Gasteiger partial charge in [-0.1, -0.05) is 37.1 Å². The summed E-state index contributed by atoms with van der Waals surface area (Å²) in [6.45, 7) is 1.86. The topological polar surface area (TPSA) is 46.5 Å². The Labute approximate surface area is 139 Å². The van der Waals surface area contributed by atoms with Crippen molar-refractivity contribution in [1.29, 1.82) is 0 Å². The number of rotatable bonds is 4. The van der Waals surface area contributed by atoms with E-state index in [2.05, 4.69) is 14.1 Å². The fraction of sp³-hybridized carbons (Fsp3) is 0.737. The highest BCUT2D eigenvalue weighted by Crippen LogP contribution is 2.42. The zero-order valence-electron chi connectivity index (χ0n) is 14.4. The van der Waals surface area contributed by atoms with E-state index in [4.69, 9.17) is 4.74 Å². The Bertz CT molecular complexity index is 505. The number of allylic oxidation sites excluding steroid dienone is 3. The third kappa shape index (κ3) is 3.38. The zero-order chi connectivity index (χ0) is 16.5. The molecule has 1 heterocycles. The molecule has 2 unspecified atom stereocenters. The molecular weight excluding hydrogens is 290 g/mol. The van der Waals surface area contributed by atoms with Gasteiger partial charge in [0.05, 0.1) is 20.6 Å².